The Hall–Kier alpha value is -2.18. The van der Waals surface area contributed by atoms with Crippen molar-refractivity contribution in [2.24, 2.45) is 0 Å². The summed E-state index contributed by atoms with van der Waals surface area (Å²) in [5.41, 5.74) is 2.45. The summed E-state index contributed by atoms with van der Waals surface area (Å²) in [6.07, 6.45) is 1.64. The maximum atomic E-state index is 5.56. The Morgan fingerprint density at radius 2 is 1.96 bits per heavy atom. The summed E-state index contributed by atoms with van der Waals surface area (Å²) in [5, 5.41) is 4.69. The van der Waals surface area contributed by atoms with Gasteiger partial charge in [0.25, 0.3) is 0 Å². The molecule has 0 saturated carbocycles. The third-order valence-corrected chi connectivity index (χ3v) is 5.77. The zero-order valence-corrected chi connectivity index (χ0v) is 16.2. The van der Waals surface area contributed by atoms with E-state index in [2.05, 4.69) is 55.4 Å². The number of nitrogens with zero attached hydrogens (tertiary/aromatic N) is 2. The average molecular weight is 358 g/mol. The van der Waals surface area contributed by atoms with E-state index in [4.69, 9.17) is 4.74 Å². The molecule has 1 atom stereocenters. The fourth-order valence-corrected chi connectivity index (χ4v) is 4.09. The first-order chi connectivity index (χ1) is 12.0. The second kappa shape index (κ2) is 7.37. The van der Waals surface area contributed by atoms with E-state index in [1.54, 1.807) is 24.8 Å². The van der Waals surface area contributed by atoms with Gasteiger partial charge in [0.1, 0.15) is 28.8 Å². The smallest absolute Gasteiger partial charge is 0.138 e. The van der Waals surface area contributed by atoms with E-state index >= 15 is 0 Å². The van der Waals surface area contributed by atoms with Crippen molar-refractivity contribution < 1.29 is 9.64 Å². The Morgan fingerprint density at radius 3 is 2.68 bits per heavy atom. The van der Waals surface area contributed by atoms with Crippen molar-refractivity contribution in [1.29, 1.82) is 0 Å². The zero-order chi connectivity index (χ0) is 18.0. The van der Waals surface area contributed by atoms with Crippen LogP contribution in [0, 0.1) is 13.8 Å². The molecule has 132 valence electrons. The standard InChI is InChI=1S/C19H24N4OS/c1-12-13(2)25-19-17(12)18(21-11-22-19)20-10-15(23(3)4)14-8-6-7-9-16(14)24-5/h6-9,11,15H,10H2,1-5H3,(H,20,21,22)/p+1/t15-/m1/s1. The second-order valence-electron chi connectivity index (χ2n) is 6.44. The van der Waals surface area contributed by atoms with Gasteiger partial charge in [-0.1, -0.05) is 12.1 Å². The van der Waals surface area contributed by atoms with Crippen molar-refractivity contribution in [2.75, 3.05) is 33.1 Å². The third kappa shape index (κ3) is 3.45. The first-order valence-corrected chi connectivity index (χ1v) is 9.22. The lowest BCUT2D eigenvalue weighted by molar-refractivity contribution is -0.890. The van der Waals surface area contributed by atoms with Crippen LogP contribution in [0.3, 0.4) is 0 Å². The minimum absolute atomic E-state index is 0.251. The van der Waals surface area contributed by atoms with Crippen LogP contribution in [-0.2, 0) is 0 Å². The molecule has 0 spiro atoms. The van der Waals surface area contributed by atoms with Crippen LogP contribution in [0.25, 0.3) is 10.2 Å². The van der Waals surface area contributed by atoms with Crippen molar-refractivity contribution in [3.63, 3.8) is 0 Å². The number of quaternary nitrogens is 1. The summed E-state index contributed by atoms with van der Waals surface area (Å²) in [6, 6.07) is 8.46. The lowest BCUT2D eigenvalue weighted by Crippen LogP contribution is -3.06. The van der Waals surface area contributed by atoms with Crippen LogP contribution in [0.2, 0.25) is 0 Å². The number of anilines is 1. The molecule has 0 bridgehead atoms. The highest BCUT2D eigenvalue weighted by molar-refractivity contribution is 7.18. The lowest BCUT2D eigenvalue weighted by Gasteiger charge is -2.24. The highest BCUT2D eigenvalue weighted by Crippen LogP contribution is 2.32. The summed E-state index contributed by atoms with van der Waals surface area (Å²) in [5.74, 6) is 1.83. The highest BCUT2D eigenvalue weighted by Gasteiger charge is 2.22. The van der Waals surface area contributed by atoms with Crippen LogP contribution >= 0.6 is 11.3 Å². The topological polar surface area (TPSA) is 51.5 Å². The van der Waals surface area contributed by atoms with Crippen LogP contribution in [-0.4, -0.2) is 37.7 Å². The Labute approximate surface area is 152 Å². The maximum Gasteiger partial charge on any atom is 0.138 e. The number of thiophene rings is 1. The van der Waals surface area contributed by atoms with Gasteiger partial charge in [-0.05, 0) is 31.5 Å². The number of aryl methyl sites for hydroxylation is 2. The predicted octanol–water partition coefficient (Wildman–Crippen LogP) is 2.61. The lowest BCUT2D eigenvalue weighted by atomic mass is 10.0. The van der Waals surface area contributed by atoms with E-state index < -0.39 is 0 Å². The molecule has 1 aromatic carbocycles. The second-order valence-corrected chi connectivity index (χ2v) is 7.64. The predicted molar refractivity (Wildman–Crippen MR) is 104 cm³/mol. The average Bonchev–Trinajstić information content (AvgIpc) is 2.90. The molecule has 0 saturated heterocycles. The van der Waals surface area contributed by atoms with Gasteiger partial charge in [0.05, 0.1) is 38.7 Å². The molecular weight excluding hydrogens is 332 g/mol. The van der Waals surface area contributed by atoms with E-state index in [0.717, 1.165) is 28.3 Å². The van der Waals surface area contributed by atoms with Crippen LogP contribution in [0.1, 0.15) is 22.0 Å². The van der Waals surface area contributed by atoms with Gasteiger partial charge in [0, 0.05) is 4.88 Å². The minimum atomic E-state index is 0.251. The first-order valence-electron chi connectivity index (χ1n) is 8.40. The van der Waals surface area contributed by atoms with Gasteiger partial charge >= 0.3 is 0 Å². The van der Waals surface area contributed by atoms with E-state index in [0.29, 0.717) is 0 Å². The normalized spacial score (nSPS) is 12.6. The molecule has 3 rings (SSSR count). The van der Waals surface area contributed by atoms with Gasteiger partial charge in [-0.3, -0.25) is 0 Å². The van der Waals surface area contributed by atoms with Crippen molar-refractivity contribution in [3.8, 4) is 5.75 Å². The number of hydrogen-bond donors (Lipinski definition) is 2. The molecular formula is C19H25N4OS+. The molecule has 2 heterocycles. The number of ether oxygens (including phenoxy) is 1. The molecule has 0 aliphatic rings. The zero-order valence-electron chi connectivity index (χ0n) is 15.4. The number of benzene rings is 1. The molecule has 25 heavy (non-hydrogen) atoms. The number of rotatable bonds is 6. The largest absolute Gasteiger partial charge is 0.496 e. The molecule has 2 aromatic heterocycles. The number of para-hydroxylation sites is 1. The van der Waals surface area contributed by atoms with Crippen LogP contribution in [0.4, 0.5) is 5.82 Å². The van der Waals surface area contributed by atoms with Crippen molar-refractivity contribution in [2.45, 2.75) is 19.9 Å². The summed E-state index contributed by atoms with van der Waals surface area (Å²) in [4.78, 5) is 12.6. The molecule has 3 aromatic rings. The van der Waals surface area contributed by atoms with Crippen LogP contribution < -0.4 is 15.0 Å². The Morgan fingerprint density at radius 1 is 1.20 bits per heavy atom. The van der Waals surface area contributed by atoms with E-state index in [1.165, 1.54) is 20.9 Å². The maximum absolute atomic E-state index is 5.56. The summed E-state index contributed by atoms with van der Waals surface area (Å²) in [6.45, 7) is 5.04. The molecule has 2 N–H and O–H groups in total. The number of nitrogens with one attached hydrogen (secondary N) is 2. The molecule has 0 radical (unpaired) electrons. The van der Waals surface area contributed by atoms with Gasteiger partial charge in [0.15, 0.2) is 0 Å². The number of fused-ring (bicyclic) bond motifs is 1. The first kappa shape index (κ1) is 17.6. The SMILES string of the molecule is COc1ccccc1[C@@H](CNc1ncnc2sc(C)c(C)c12)[NH+](C)C. The van der Waals surface area contributed by atoms with Crippen molar-refractivity contribution in [1.82, 2.24) is 9.97 Å². The summed E-state index contributed by atoms with van der Waals surface area (Å²) in [7, 11) is 6.04. The van der Waals surface area contributed by atoms with Crippen molar-refractivity contribution in [3.05, 3.63) is 46.6 Å². The molecule has 0 aliphatic heterocycles. The van der Waals surface area contributed by atoms with Crippen molar-refractivity contribution >= 4 is 27.4 Å². The van der Waals surface area contributed by atoms with Gasteiger partial charge in [-0.2, -0.15) is 0 Å². The van der Waals surface area contributed by atoms with Gasteiger partial charge in [-0.25, -0.2) is 9.97 Å². The van der Waals surface area contributed by atoms with Gasteiger partial charge in [0.2, 0.25) is 0 Å². The highest BCUT2D eigenvalue weighted by atomic mass is 32.1. The quantitative estimate of drug-likeness (QED) is 0.712. The van der Waals surface area contributed by atoms with Crippen LogP contribution in [0.15, 0.2) is 30.6 Å². The van der Waals surface area contributed by atoms with E-state index in [-0.39, 0.29) is 6.04 Å². The van der Waals surface area contributed by atoms with Gasteiger partial charge < -0.3 is 15.0 Å². The Bertz CT molecular complexity index is 875. The van der Waals surface area contributed by atoms with Crippen LogP contribution in [0.5, 0.6) is 5.75 Å². The molecule has 0 aliphatic carbocycles. The number of hydrogen-bond acceptors (Lipinski definition) is 5. The molecule has 6 heteroatoms. The monoisotopic (exact) mass is 357 g/mol. The molecule has 0 amide bonds. The van der Waals surface area contributed by atoms with E-state index in [9.17, 15) is 0 Å². The molecule has 0 fully saturated rings. The Balaban J connectivity index is 1.90. The number of methoxy groups -OCH3 is 1. The molecule has 0 unspecified atom stereocenters. The number of aromatic nitrogens is 2. The molecule has 5 nitrogen and oxygen atoms in total. The summed E-state index contributed by atoms with van der Waals surface area (Å²) < 4.78 is 5.56. The third-order valence-electron chi connectivity index (χ3n) is 4.65. The number of likely N-dealkylation sites (N-methyl/N-ethyl adjacent to an activating group) is 1. The van der Waals surface area contributed by atoms with E-state index in [1.807, 2.05) is 12.1 Å². The minimum Gasteiger partial charge on any atom is -0.496 e. The van der Waals surface area contributed by atoms with Gasteiger partial charge in [-0.15, -0.1) is 11.3 Å². The summed E-state index contributed by atoms with van der Waals surface area (Å²) >= 11 is 1.72. The fourth-order valence-electron chi connectivity index (χ4n) is 3.09. The Kier molecular flexibility index (Phi) is 5.20. The fraction of sp³-hybridized carbons (Fsp3) is 0.368.